The molecule has 0 saturated heterocycles. The van der Waals surface area contributed by atoms with Crippen LogP contribution in [0.5, 0.6) is 5.88 Å². The molecule has 10 heteroatoms. The zero-order valence-corrected chi connectivity index (χ0v) is 17.2. The number of halogens is 3. The maximum atomic E-state index is 12.9. The van der Waals surface area contributed by atoms with Gasteiger partial charge in [-0.05, 0) is 43.9 Å². The van der Waals surface area contributed by atoms with Crippen molar-refractivity contribution in [3.8, 4) is 5.88 Å². The second-order valence-corrected chi connectivity index (χ2v) is 9.11. The molecule has 3 aromatic rings. The summed E-state index contributed by atoms with van der Waals surface area (Å²) in [5.74, 6) is 0.124. The van der Waals surface area contributed by atoms with Crippen molar-refractivity contribution < 1.29 is 26.3 Å². The van der Waals surface area contributed by atoms with Crippen molar-refractivity contribution in [3.05, 3.63) is 60.4 Å². The Morgan fingerprint density at radius 3 is 2.39 bits per heavy atom. The molecule has 164 valence electrons. The number of para-hydroxylation sites is 1. The van der Waals surface area contributed by atoms with Crippen LogP contribution >= 0.6 is 0 Å². The van der Waals surface area contributed by atoms with Crippen molar-refractivity contribution in [2.45, 2.75) is 48.9 Å². The number of nitrogens with one attached hydrogen (secondary N) is 1. The monoisotopic (exact) mass is 451 g/mol. The van der Waals surface area contributed by atoms with Crippen molar-refractivity contribution in [1.29, 1.82) is 0 Å². The molecule has 0 atom stereocenters. The van der Waals surface area contributed by atoms with E-state index in [0.717, 1.165) is 17.6 Å². The first kappa shape index (κ1) is 21.5. The van der Waals surface area contributed by atoms with Gasteiger partial charge in [0.1, 0.15) is 11.0 Å². The summed E-state index contributed by atoms with van der Waals surface area (Å²) in [5, 5.41) is 0.742. The van der Waals surface area contributed by atoms with Crippen LogP contribution in [0.1, 0.15) is 31.2 Å². The maximum absolute atomic E-state index is 12.9. The van der Waals surface area contributed by atoms with Gasteiger partial charge in [0, 0.05) is 29.9 Å². The standard InChI is InChI=1S/C21H20F3N3O3S/c22-21(23,24)15-6-11-19(26-13-15)30-17-9-7-16(8-10-17)27-31(28,29)18-5-1-3-14-4-2-12-25-20(14)18/h1-6,11-13,16-17,27H,7-10H2. The Labute approximate surface area is 177 Å². The minimum Gasteiger partial charge on any atom is -0.474 e. The molecule has 1 N–H and O–H groups in total. The van der Waals surface area contributed by atoms with E-state index in [1.165, 1.54) is 12.1 Å². The van der Waals surface area contributed by atoms with Gasteiger partial charge in [-0.25, -0.2) is 18.1 Å². The fourth-order valence-electron chi connectivity index (χ4n) is 3.66. The van der Waals surface area contributed by atoms with E-state index in [2.05, 4.69) is 14.7 Å². The van der Waals surface area contributed by atoms with E-state index in [0.29, 0.717) is 31.2 Å². The zero-order valence-electron chi connectivity index (χ0n) is 16.3. The summed E-state index contributed by atoms with van der Waals surface area (Å²) in [4.78, 5) is 8.07. The van der Waals surface area contributed by atoms with Gasteiger partial charge in [-0.1, -0.05) is 18.2 Å². The number of sulfonamides is 1. The highest BCUT2D eigenvalue weighted by molar-refractivity contribution is 7.89. The lowest BCUT2D eigenvalue weighted by Gasteiger charge is -2.29. The molecule has 1 aliphatic carbocycles. The van der Waals surface area contributed by atoms with Crippen molar-refractivity contribution in [3.63, 3.8) is 0 Å². The first-order valence-corrected chi connectivity index (χ1v) is 11.3. The van der Waals surface area contributed by atoms with Gasteiger partial charge in [-0.2, -0.15) is 13.2 Å². The van der Waals surface area contributed by atoms with Gasteiger partial charge < -0.3 is 4.74 Å². The van der Waals surface area contributed by atoms with E-state index < -0.39 is 21.8 Å². The summed E-state index contributed by atoms with van der Waals surface area (Å²) in [6.45, 7) is 0. The molecule has 0 unspecified atom stereocenters. The summed E-state index contributed by atoms with van der Waals surface area (Å²) in [7, 11) is -3.75. The van der Waals surface area contributed by atoms with Gasteiger partial charge in [-0.15, -0.1) is 0 Å². The number of rotatable bonds is 5. The van der Waals surface area contributed by atoms with Crippen molar-refractivity contribution in [2.24, 2.45) is 0 Å². The first-order chi connectivity index (χ1) is 14.7. The molecule has 31 heavy (non-hydrogen) atoms. The van der Waals surface area contributed by atoms with Crippen LogP contribution in [0.4, 0.5) is 13.2 Å². The number of hydrogen-bond donors (Lipinski definition) is 1. The summed E-state index contributed by atoms with van der Waals surface area (Å²) in [6.07, 6.45) is -0.171. The number of hydrogen-bond acceptors (Lipinski definition) is 5. The lowest BCUT2D eigenvalue weighted by Crippen LogP contribution is -2.39. The number of fused-ring (bicyclic) bond motifs is 1. The topological polar surface area (TPSA) is 81.2 Å². The zero-order chi connectivity index (χ0) is 22.1. The predicted molar refractivity (Wildman–Crippen MR) is 108 cm³/mol. The minimum absolute atomic E-state index is 0.124. The largest absolute Gasteiger partial charge is 0.474 e. The maximum Gasteiger partial charge on any atom is 0.417 e. The SMILES string of the molecule is O=S(=O)(NC1CCC(Oc2ccc(C(F)(F)F)cn2)CC1)c1cccc2cccnc12. The third-order valence-corrected chi connectivity index (χ3v) is 6.78. The molecule has 1 aromatic carbocycles. The van der Waals surface area contributed by atoms with Gasteiger partial charge in [-0.3, -0.25) is 4.98 Å². The Bertz CT molecular complexity index is 1150. The third kappa shape index (κ3) is 4.96. The lowest BCUT2D eigenvalue weighted by molar-refractivity contribution is -0.137. The summed E-state index contributed by atoms with van der Waals surface area (Å²) in [6, 6.07) is 10.4. The van der Waals surface area contributed by atoms with E-state index in [4.69, 9.17) is 4.74 Å². The number of nitrogens with zero attached hydrogens (tertiary/aromatic N) is 2. The van der Waals surface area contributed by atoms with Gasteiger partial charge in [0.15, 0.2) is 0 Å². The van der Waals surface area contributed by atoms with Crippen LogP contribution in [0.25, 0.3) is 10.9 Å². The lowest BCUT2D eigenvalue weighted by atomic mass is 9.94. The van der Waals surface area contributed by atoms with E-state index in [1.54, 1.807) is 30.5 Å². The van der Waals surface area contributed by atoms with Crippen LogP contribution in [0.3, 0.4) is 0 Å². The third-order valence-electron chi connectivity index (χ3n) is 5.23. The highest BCUT2D eigenvalue weighted by atomic mass is 32.2. The molecule has 1 saturated carbocycles. The molecule has 1 fully saturated rings. The van der Waals surface area contributed by atoms with E-state index in [9.17, 15) is 21.6 Å². The number of ether oxygens (including phenoxy) is 1. The van der Waals surface area contributed by atoms with Gasteiger partial charge >= 0.3 is 6.18 Å². The van der Waals surface area contributed by atoms with Gasteiger partial charge in [0.25, 0.3) is 0 Å². The highest BCUT2D eigenvalue weighted by Gasteiger charge is 2.31. The molecule has 2 heterocycles. The molecule has 0 radical (unpaired) electrons. The van der Waals surface area contributed by atoms with Crippen LogP contribution in [-0.4, -0.2) is 30.5 Å². The smallest absolute Gasteiger partial charge is 0.417 e. The normalized spacial score (nSPS) is 20.0. The van der Waals surface area contributed by atoms with Gasteiger partial charge in [0.05, 0.1) is 11.1 Å². The number of benzene rings is 1. The van der Waals surface area contributed by atoms with Crippen LogP contribution in [0.2, 0.25) is 0 Å². The highest BCUT2D eigenvalue weighted by Crippen LogP contribution is 2.30. The number of pyridine rings is 2. The fraction of sp³-hybridized carbons (Fsp3) is 0.333. The van der Waals surface area contributed by atoms with Crippen LogP contribution in [0.15, 0.2) is 59.8 Å². The van der Waals surface area contributed by atoms with E-state index in [1.807, 2.05) is 0 Å². The quantitative estimate of drug-likeness (QED) is 0.625. The molecule has 0 amide bonds. The van der Waals surface area contributed by atoms with Crippen molar-refractivity contribution in [1.82, 2.24) is 14.7 Å². The van der Waals surface area contributed by atoms with Crippen LogP contribution in [0, 0.1) is 0 Å². The minimum atomic E-state index is -4.44. The van der Waals surface area contributed by atoms with Crippen molar-refractivity contribution >= 4 is 20.9 Å². The molecule has 0 spiro atoms. The molecule has 0 aliphatic heterocycles. The molecule has 0 bridgehead atoms. The second kappa shape index (κ2) is 8.43. The predicted octanol–water partition coefficient (Wildman–Crippen LogP) is 4.32. The molecule has 1 aliphatic rings. The summed E-state index contributed by atoms with van der Waals surface area (Å²) < 4.78 is 72.1. The Hall–Kier alpha value is -2.72. The Morgan fingerprint density at radius 1 is 0.968 bits per heavy atom. The summed E-state index contributed by atoms with van der Waals surface area (Å²) >= 11 is 0. The fourth-order valence-corrected chi connectivity index (χ4v) is 5.15. The number of alkyl halides is 3. The number of aromatic nitrogens is 2. The van der Waals surface area contributed by atoms with Crippen LogP contribution < -0.4 is 9.46 Å². The molecule has 2 aromatic heterocycles. The Balaban J connectivity index is 1.37. The average molecular weight is 451 g/mol. The van der Waals surface area contributed by atoms with Gasteiger partial charge in [0.2, 0.25) is 15.9 Å². The first-order valence-electron chi connectivity index (χ1n) is 9.78. The Kier molecular flexibility index (Phi) is 5.85. The van der Waals surface area contributed by atoms with E-state index in [-0.39, 0.29) is 22.9 Å². The molecular formula is C21H20F3N3O3S. The second-order valence-electron chi connectivity index (χ2n) is 7.43. The van der Waals surface area contributed by atoms with Crippen molar-refractivity contribution in [2.75, 3.05) is 0 Å². The van der Waals surface area contributed by atoms with Crippen LogP contribution in [-0.2, 0) is 16.2 Å². The molecule has 6 nitrogen and oxygen atoms in total. The Morgan fingerprint density at radius 2 is 1.71 bits per heavy atom. The summed E-state index contributed by atoms with van der Waals surface area (Å²) in [5.41, 5.74) is -0.413. The molecule has 4 rings (SSSR count). The average Bonchev–Trinajstić information content (AvgIpc) is 2.74. The molecular weight excluding hydrogens is 431 g/mol. The van der Waals surface area contributed by atoms with E-state index >= 15 is 0 Å².